The molecule has 0 radical (unpaired) electrons. The van der Waals surface area contributed by atoms with Crippen LogP contribution >= 0.6 is 0 Å². The maximum absolute atomic E-state index is 13.0. The van der Waals surface area contributed by atoms with E-state index in [0.717, 1.165) is 0 Å². The van der Waals surface area contributed by atoms with E-state index in [1.54, 1.807) is 48.5 Å². The number of aliphatic imine (C=N–C) groups is 1. The number of nitrogens with zero attached hydrogens (tertiary/aromatic N) is 5. The van der Waals surface area contributed by atoms with Gasteiger partial charge < -0.3 is 5.21 Å². The molecule has 0 aliphatic carbocycles. The number of rotatable bonds is 3. The van der Waals surface area contributed by atoms with Crippen LogP contribution in [0.5, 0.6) is 0 Å². The molecule has 1 unspecified atom stereocenters. The molecule has 23 heavy (non-hydrogen) atoms. The molecule has 0 fully saturated rings. The zero-order chi connectivity index (χ0) is 16.3. The first-order chi connectivity index (χ1) is 11.2. The number of hydrogen-bond acceptors (Lipinski definition) is 5. The van der Waals surface area contributed by atoms with Crippen LogP contribution in [-0.4, -0.2) is 17.4 Å². The van der Waals surface area contributed by atoms with E-state index in [-0.39, 0.29) is 0 Å². The lowest BCUT2D eigenvalue weighted by atomic mass is 9.96. The number of hydrogen-bond donors (Lipinski definition) is 0. The van der Waals surface area contributed by atoms with Gasteiger partial charge in [-0.1, -0.05) is 29.4 Å². The van der Waals surface area contributed by atoms with E-state index in [9.17, 15) is 5.21 Å². The molecule has 0 amide bonds. The molecule has 0 spiro atoms. The van der Waals surface area contributed by atoms with Gasteiger partial charge in [0.2, 0.25) is 6.34 Å². The average molecular weight is 301 g/mol. The molecule has 2 aromatic rings. The van der Waals surface area contributed by atoms with Crippen LogP contribution in [0.3, 0.4) is 0 Å². The Morgan fingerprint density at radius 1 is 0.870 bits per heavy atom. The fourth-order valence-electron chi connectivity index (χ4n) is 2.50. The van der Waals surface area contributed by atoms with E-state index in [0.29, 0.717) is 22.3 Å². The van der Waals surface area contributed by atoms with Crippen molar-refractivity contribution in [3.63, 3.8) is 0 Å². The van der Waals surface area contributed by atoms with Crippen molar-refractivity contribution in [2.75, 3.05) is 0 Å². The van der Waals surface area contributed by atoms with Crippen LogP contribution in [0.1, 0.15) is 28.3 Å². The van der Waals surface area contributed by atoms with Crippen LogP contribution in [0.4, 0.5) is 0 Å². The van der Waals surface area contributed by atoms with Crippen LogP contribution < -0.4 is 0 Å². The Balaban J connectivity index is 2.10. The number of hydroxylamine groups is 2. The average Bonchev–Trinajstić information content (AvgIpc) is 3.03. The van der Waals surface area contributed by atoms with Crippen molar-refractivity contribution >= 4 is 12.7 Å². The minimum atomic E-state index is -0.988. The molecule has 110 valence electrons. The third-order valence-electron chi connectivity index (χ3n) is 3.61. The molecule has 0 bridgehead atoms. The fourth-order valence-corrected chi connectivity index (χ4v) is 2.50. The van der Waals surface area contributed by atoms with Crippen molar-refractivity contribution in [3.05, 3.63) is 76.0 Å². The van der Waals surface area contributed by atoms with E-state index in [4.69, 9.17) is 10.5 Å². The molecule has 0 N–H and O–H groups in total. The van der Waals surface area contributed by atoms with Gasteiger partial charge in [0.25, 0.3) is 0 Å². The van der Waals surface area contributed by atoms with Gasteiger partial charge in [0.15, 0.2) is 12.4 Å². The lowest BCUT2D eigenvalue weighted by molar-refractivity contribution is -0.814. The Labute approximate surface area is 133 Å². The summed E-state index contributed by atoms with van der Waals surface area (Å²) in [6.45, 7) is 0. The van der Waals surface area contributed by atoms with Gasteiger partial charge in [-0.3, -0.25) is 0 Å². The Kier molecular flexibility index (Phi) is 3.70. The molecule has 1 heterocycles. The molecule has 1 atom stereocenters. The summed E-state index contributed by atoms with van der Waals surface area (Å²) in [6.07, 6.45) is 2.45. The summed E-state index contributed by atoms with van der Waals surface area (Å²) < 4.78 is -0.988. The Morgan fingerprint density at radius 2 is 1.35 bits per heavy atom. The highest BCUT2D eigenvalue weighted by atomic mass is 16.6. The van der Waals surface area contributed by atoms with Gasteiger partial charge in [-0.15, -0.1) is 0 Å². The monoisotopic (exact) mass is 301 g/mol. The Bertz CT molecular complexity index is 784. The van der Waals surface area contributed by atoms with Crippen molar-refractivity contribution in [2.24, 2.45) is 10.1 Å². The third kappa shape index (κ3) is 2.72. The number of quaternary nitrogens is 1. The number of nitriles is 2. The predicted molar refractivity (Wildman–Crippen MR) is 84.8 cm³/mol. The summed E-state index contributed by atoms with van der Waals surface area (Å²) in [5.41, 5.74) is 2.47. The maximum Gasteiger partial charge on any atom is 0.219 e. The molecule has 0 aromatic heterocycles. The van der Waals surface area contributed by atoms with Gasteiger partial charge in [0.1, 0.15) is 0 Å². The van der Waals surface area contributed by atoms with E-state index < -0.39 is 10.8 Å². The van der Waals surface area contributed by atoms with Crippen molar-refractivity contribution in [3.8, 4) is 12.1 Å². The summed E-state index contributed by atoms with van der Waals surface area (Å²) in [6, 6.07) is 17.0. The Hall–Kier alpha value is -3.32. The fraction of sp³-hybridized carbons (Fsp3) is 0.0588. The van der Waals surface area contributed by atoms with Gasteiger partial charge in [-0.2, -0.15) is 20.3 Å². The minimum absolute atomic E-state index is 0.517. The molecule has 6 nitrogen and oxygen atoms in total. The first kappa shape index (κ1) is 14.6. The topological polar surface area (TPSA) is 95.4 Å². The second-order valence-corrected chi connectivity index (χ2v) is 5.04. The van der Waals surface area contributed by atoms with E-state index in [1.165, 1.54) is 12.7 Å². The van der Waals surface area contributed by atoms with Crippen molar-refractivity contribution < 1.29 is 4.76 Å². The lowest BCUT2D eigenvalue weighted by Crippen LogP contribution is -2.37. The zero-order valence-corrected chi connectivity index (χ0v) is 12.0. The quantitative estimate of drug-likeness (QED) is 0.644. The summed E-state index contributed by atoms with van der Waals surface area (Å²) in [5, 5.41) is 34.7. The van der Waals surface area contributed by atoms with Crippen LogP contribution in [0, 0.1) is 27.9 Å². The standard InChI is InChI=1S/C17H11N5O/c18-9-13-1-5-15(6-2-13)17(22(23)12-20-11-21-22)16-7-3-14(10-19)4-8-16/h1-8,11-12,17H. The van der Waals surface area contributed by atoms with Crippen LogP contribution in [0.25, 0.3) is 0 Å². The second-order valence-electron chi connectivity index (χ2n) is 5.04. The van der Waals surface area contributed by atoms with E-state index in [2.05, 4.69) is 22.2 Å². The molecular formula is C17H11N5O. The number of benzene rings is 2. The molecule has 2 aromatic carbocycles. The maximum atomic E-state index is 13.0. The minimum Gasteiger partial charge on any atom is -0.598 e. The van der Waals surface area contributed by atoms with E-state index >= 15 is 0 Å². The molecule has 0 saturated carbocycles. The molecule has 1 aliphatic heterocycles. The highest BCUT2D eigenvalue weighted by Crippen LogP contribution is 2.35. The van der Waals surface area contributed by atoms with Gasteiger partial charge >= 0.3 is 0 Å². The molecular weight excluding hydrogens is 290 g/mol. The van der Waals surface area contributed by atoms with Crippen LogP contribution in [0.15, 0.2) is 58.6 Å². The SMILES string of the molecule is N#Cc1ccc(C(c2ccc(C#N)cc2)[N+]2([O-])C=NC=N2)cc1. The Morgan fingerprint density at radius 3 is 1.70 bits per heavy atom. The van der Waals surface area contributed by atoms with Gasteiger partial charge in [-0.25, -0.2) is 0 Å². The molecule has 3 rings (SSSR count). The molecule has 6 heteroatoms. The summed E-state index contributed by atoms with van der Waals surface area (Å²) in [7, 11) is 0. The summed E-state index contributed by atoms with van der Waals surface area (Å²) >= 11 is 0. The first-order valence-corrected chi connectivity index (χ1v) is 6.84. The predicted octanol–water partition coefficient (Wildman–Crippen LogP) is 2.82. The summed E-state index contributed by atoms with van der Waals surface area (Å²) in [4.78, 5) is 3.81. The largest absolute Gasteiger partial charge is 0.598 e. The zero-order valence-electron chi connectivity index (χ0n) is 12.0. The smallest absolute Gasteiger partial charge is 0.219 e. The molecule has 0 saturated heterocycles. The normalized spacial score (nSPS) is 18.8. The van der Waals surface area contributed by atoms with Crippen molar-refractivity contribution in [1.82, 2.24) is 0 Å². The highest BCUT2D eigenvalue weighted by molar-refractivity contribution is 5.71. The summed E-state index contributed by atoms with van der Waals surface area (Å²) in [5.74, 6) is 0. The highest BCUT2D eigenvalue weighted by Gasteiger charge is 2.33. The second kappa shape index (κ2) is 5.82. The van der Waals surface area contributed by atoms with E-state index in [1.807, 2.05) is 0 Å². The van der Waals surface area contributed by atoms with Gasteiger partial charge in [0.05, 0.1) is 23.3 Å². The van der Waals surface area contributed by atoms with Gasteiger partial charge in [0, 0.05) is 11.1 Å². The third-order valence-corrected chi connectivity index (χ3v) is 3.61. The first-order valence-electron chi connectivity index (χ1n) is 6.84. The van der Waals surface area contributed by atoms with Crippen LogP contribution in [0.2, 0.25) is 0 Å². The van der Waals surface area contributed by atoms with Crippen molar-refractivity contribution in [2.45, 2.75) is 6.04 Å². The van der Waals surface area contributed by atoms with Crippen LogP contribution in [-0.2, 0) is 0 Å². The van der Waals surface area contributed by atoms with Gasteiger partial charge in [-0.05, 0) is 24.3 Å². The van der Waals surface area contributed by atoms with Crippen molar-refractivity contribution in [1.29, 1.82) is 10.5 Å². The lowest BCUT2D eigenvalue weighted by Gasteiger charge is -2.36. The molecule has 1 aliphatic rings.